The Morgan fingerprint density at radius 2 is 1.70 bits per heavy atom. The van der Waals surface area contributed by atoms with Gasteiger partial charge in [-0.1, -0.05) is 31.4 Å². The van der Waals surface area contributed by atoms with Crippen molar-refractivity contribution in [1.82, 2.24) is 9.80 Å². The number of aryl methyl sites for hydroxylation is 1. The van der Waals surface area contributed by atoms with Gasteiger partial charge in [-0.15, -0.1) is 0 Å². The summed E-state index contributed by atoms with van der Waals surface area (Å²) in [5, 5.41) is 0. The summed E-state index contributed by atoms with van der Waals surface area (Å²) in [5.74, 6) is 1.67. The van der Waals surface area contributed by atoms with Gasteiger partial charge >= 0.3 is 0 Å². The first-order chi connectivity index (χ1) is 13.2. The molecule has 1 aliphatic carbocycles. The molecule has 0 spiro atoms. The molecule has 3 aliphatic rings. The number of benzene rings is 1. The van der Waals surface area contributed by atoms with Crippen LogP contribution in [0.4, 0.5) is 0 Å². The summed E-state index contributed by atoms with van der Waals surface area (Å²) >= 11 is 0. The van der Waals surface area contributed by atoms with Gasteiger partial charge in [0.05, 0.1) is 13.0 Å². The van der Waals surface area contributed by atoms with Gasteiger partial charge in [0.2, 0.25) is 11.8 Å². The molecule has 1 aromatic carbocycles. The van der Waals surface area contributed by atoms with Crippen LogP contribution in [0.1, 0.15) is 49.7 Å². The molecule has 5 nitrogen and oxygen atoms in total. The zero-order valence-electron chi connectivity index (χ0n) is 16.1. The molecule has 0 radical (unpaired) electrons. The topological polar surface area (TPSA) is 49.9 Å². The molecule has 2 heterocycles. The van der Waals surface area contributed by atoms with Crippen molar-refractivity contribution in [3.8, 4) is 5.75 Å². The lowest BCUT2D eigenvalue weighted by Gasteiger charge is -2.37. The quantitative estimate of drug-likeness (QED) is 0.822. The normalized spacial score (nSPS) is 20.7. The molecule has 2 aliphatic heterocycles. The van der Waals surface area contributed by atoms with Crippen LogP contribution in [-0.2, 0) is 22.4 Å². The van der Waals surface area contributed by atoms with Crippen molar-refractivity contribution in [3.63, 3.8) is 0 Å². The highest BCUT2D eigenvalue weighted by atomic mass is 16.5. The van der Waals surface area contributed by atoms with Crippen LogP contribution in [0.15, 0.2) is 18.2 Å². The van der Waals surface area contributed by atoms with Gasteiger partial charge in [0.1, 0.15) is 5.75 Å². The van der Waals surface area contributed by atoms with E-state index in [0.29, 0.717) is 38.5 Å². The maximum atomic E-state index is 12.7. The van der Waals surface area contributed by atoms with Crippen molar-refractivity contribution in [2.45, 2.75) is 51.4 Å². The molecule has 2 amide bonds. The molecule has 5 heteroatoms. The minimum Gasteiger partial charge on any atom is -0.493 e. The summed E-state index contributed by atoms with van der Waals surface area (Å²) in [5.41, 5.74) is 2.28. The van der Waals surface area contributed by atoms with Crippen molar-refractivity contribution in [2.24, 2.45) is 5.92 Å². The summed E-state index contributed by atoms with van der Waals surface area (Å²) in [6.45, 7) is 3.46. The third kappa shape index (κ3) is 4.28. The number of hydrogen-bond acceptors (Lipinski definition) is 3. The van der Waals surface area contributed by atoms with Gasteiger partial charge in [-0.2, -0.15) is 0 Å². The number of amides is 2. The highest BCUT2D eigenvalue weighted by molar-refractivity contribution is 5.81. The predicted octanol–water partition coefficient (Wildman–Crippen LogP) is 2.81. The lowest BCUT2D eigenvalue weighted by atomic mass is 9.88. The highest BCUT2D eigenvalue weighted by Crippen LogP contribution is 2.27. The minimum absolute atomic E-state index is 0.163. The standard InChI is InChI=1S/C22H30N2O3/c25-21(16-17-8-9-20-19(15-17)7-4-14-27-20)23-10-12-24(13-11-23)22(26)18-5-2-1-3-6-18/h8-9,15,18H,1-7,10-14,16H2. The molecule has 1 saturated heterocycles. The second-order valence-corrected chi connectivity index (χ2v) is 8.11. The molecule has 2 fully saturated rings. The number of hydrogen-bond donors (Lipinski definition) is 0. The average molecular weight is 370 g/mol. The number of nitrogens with zero attached hydrogens (tertiary/aromatic N) is 2. The fraction of sp³-hybridized carbons (Fsp3) is 0.636. The van der Waals surface area contributed by atoms with Crippen molar-refractivity contribution in [3.05, 3.63) is 29.3 Å². The fourth-order valence-corrected chi connectivity index (χ4v) is 4.59. The first-order valence-electron chi connectivity index (χ1n) is 10.5. The smallest absolute Gasteiger partial charge is 0.227 e. The van der Waals surface area contributed by atoms with Crippen LogP contribution in [-0.4, -0.2) is 54.4 Å². The predicted molar refractivity (Wildman–Crippen MR) is 104 cm³/mol. The lowest BCUT2D eigenvalue weighted by molar-refractivity contribution is -0.142. The van der Waals surface area contributed by atoms with E-state index in [2.05, 4.69) is 6.07 Å². The van der Waals surface area contributed by atoms with Crippen LogP contribution in [0, 0.1) is 5.92 Å². The van der Waals surface area contributed by atoms with E-state index < -0.39 is 0 Å². The van der Waals surface area contributed by atoms with Crippen molar-refractivity contribution in [1.29, 1.82) is 0 Å². The molecular weight excluding hydrogens is 340 g/mol. The highest BCUT2D eigenvalue weighted by Gasteiger charge is 2.29. The summed E-state index contributed by atoms with van der Waals surface area (Å²) in [6.07, 6.45) is 8.22. The number of piperazine rings is 1. The maximum absolute atomic E-state index is 12.7. The Hall–Kier alpha value is -2.04. The Morgan fingerprint density at radius 3 is 2.48 bits per heavy atom. The molecule has 1 saturated carbocycles. The molecular formula is C22H30N2O3. The summed E-state index contributed by atoms with van der Waals surface area (Å²) in [7, 11) is 0. The number of carbonyl (C=O) groups excluding carboxylic acids is 2. The lowest BCUT2D eigenvalue weighted by Crippen LogP contribution is -2.52. The Labute approximate surface area is 161 Å². The van der Waals surface area contributed by atoms with Gasteiger partial charge in [-0.3, -0.25) is 9.59 Å². The van der Waals surface area contributed by atoms with Crippen molar-refractivity contribution >= 4 is 11.8 Å². The van der Waals surface area contributed by atoms with Crippen LogP contribution in [0.2, 0.25) is 0 Å². The molecule has 0 bridgehead atoms. The zero-order valence-corrected chi connectivity index (χ0v) is 16.1. The van der Waals surface area contributed by atoms with E-state index >= 15 is 0 Å². The molecule has 0 N–H and O–H groups in total. The molecule has 146 valence electrons. The summed E-state index contributed by atoms with van der Waals surface area (Å²) in [4.78, 5) is 29.3. The van der Waals surface area contributed by atoms with E-state index in [9.17, 15) is 9.59 Å². The van der Waals surface area contributed by atoms with E-state index in [-0.39, 0.29) is 11.8 Å². The Balaban J connectivity index is 1.29. The average Bonchev–Trinajstić information content (AvgIpc) is 2.74. The monoisotopic (exact) mass is 370 g/mol. The zero-order chi connectivity index (χ0) is 18.6. The summed E-state index contributed by atoms with van der Waals surface area (Å²) < 4.78 is 5.65. The largest absolute Gasteiger partial charge is 0.493 e. The number of rotatable bonds is 3. The second kappa shape index (κ2) is 8.32. The first-order valence-corrected chi connectivity index (χ1v) is 10.5. The molecule has 27 heavy (non-hydrogen) atoms. The van der Waals surface area contributed by atoms with Gasteiger partial charge in [0.15, 0.2) is 0 Å². The third-order valence-electron chi connectivity index (χ3n) is 6.23. The van der Waals surface area contributed by atoms with Crippen LogP contribution in [0.5, 0.6) is 5.75 Å². The Morgan fingerprint density at radius 1 is 0.963 bits per heavy atom. The molecule has 0 atom stereocenters. The van der Waals surface area contributed by atoms with Gasteiger partial charge in [-0.25, -0.2) is 0 Å². The van der Waals surface area contributed by atoms with Gasteiger partial charge < -0.3 is 14.5 Å². The first kappa shape index (κ1) is 18.3. The third-order valence-corrected chi connectivity index (χ3v) is 6.23. The fourth-order valence-electron chi connectivity index (χ4n) is 4.59. The minimum atomic E-state index is 0.163. The van der Waals surface area contributed by atoms with Crippen LogP contribution < -0.4 is 4.74 Å². The second-order valence-electron chi connectivity index (χ2n) is 8.11. The van der Waals surface area contributed by atoms with Crippen LogP contribution in [0.3, 0.4) is 0 Å². The van der Waals surface area contributed by atoms with Gasteiger partial charge in [-0.05, 0) is 42.9 Å². The van der Waals surface area contributed by atoms with Gasteiger partial charge in [0.25, 0.3) is 0 Å². The molecule has 1 aromatic rings. The number of ether oxygens (including phenoxy) is 1. The molecule has 0 aromatic heterocycles. The van der Waals surface area contributed by atoms with E-state index in [1.54, 1.807) is 0 Å². The Bertz CT molecular complexity index is 689. The molecule has 0 unspecified atom stereocenters. The SMILES string of the molecule is O=C(Cc1ccc2c(c1)CCCO2)N1CCN(C(=O)C2CCCCC2)CC1. The van der Waals surface area contributed by atoms with E-state index in [1.165, 1.54) is 24.8 Å². The van der Waals surface area contributed by atoms with Gasteiger partial charge in [0, 0.05) is 32.1 Å². The summed E-state index contributed by atoms with van der Waals surface area (Å²) in [6, 6.07) is 6.12. The van der Waals surface area contributed by atoms with Crippen LogP contribution in [0.25, 0.3) is 0 Å². The van der Waals surface area contributed by atoms with E-state index in [4.69, 9.17) is 4.74 Å². The van der Waals surface area contributed by atoms with E-state index in [0.717, 1.165) is 43.6 Å². The van der Waals surface area contributed by atoms with Crippen molar-refractivity contribution < 1.29 is 14.3 Å². The van der Waals surface area contributed by atoms with Crippen molar-refractivity contribution in [2.75, 3.05) is 32.8 Å². The number of carbonyl (C=O) groups is 2. The van der Waals surface area contributed by atoms with E-state index in [1.807, 2.05) is 21.9 Å². The maximum Gasteiger partial charge on any atom is 0.227 e. The van der Waals surface area contributed by atoms with Crippen LogP contribution >= 0.6 is 0 Å². The molecule has 4 rings (SSSR count). The number of fused-ring (bicyclic) bond motifs is 1. The Kier molecular flexibility index (Phi) is 5.65.